The molecule has 0 aliphatic heterocycles. The molecule has 0 bridgehead atoms. The lowest BCUT2D eigenvalue weighted by molar-refractivity contribution is -0.119. The number of aryl methyl sites for hydroxylation is 2. The van der Waals surface area contributed by atoms with E-state index in [1.54, 1.807) is 0 Å². The maximum atomic E-state index is 13.1. The van der Waals surface area contributed by atoms with Gasteiger partial charge in [0.05, 0.1) is 16.6 Å². The third kappa shape index (κ3) is 3.76. The first-order chi connectivity index (χ1) is 15.7. The van der Waals surface area contributed by atoms with Gasteiger partial charge in [-0.1, -0.05) is 18.2 Å². The summed E-state index contributed by atoms with van der Waals surface area (Å²) in [5.41, 5.74) is 4.81. The predicted octanol–water partition coefficient (Wildman–Crippen LogP) is 4.72. The van der Waals surface area contributed by atoms with Gasteiger partial charge in [0.1, 0.15) is 11.1 Å². The van der Waals surface area contributed by atoms with Crippen molar-refractivity contribution < 1.29 is 14.3 Å². The number of thiophene rings is 1. The molecule has 1 aromatic carbocycles. The molecule has 0 saturated carbocycles. The Morgan fingerprint density at radius 2 is 1.81 bits per heavy atom. The topological polar surface area (TPSA) is 92.1 Å². The molecule has 1 amide bonds. The van der Waals surface area contributed by atoms with Gasteiger partial charge in [-0.25, -0.2) is 4.79 Å². The lowest BCUT2D eigenvalue weighted by atomic mass is 9.90. The second-order valence-corrected chi connectivity index (χ2v) is 9.39. The Bertz CT molecular complexity index is 1270. The molecule has 6 nitrogen and oxygen atoms in total. The highest BCUT2D eigenvalue weighted by atomic mass is 32.1. The molecule has 32 heavy (non-hydrogen) atoms. The van der Waals surface area contributed by atoms with Crippen LogP contribution in [0.1, 0.15) is 63.3 Å². The Kier molecular flexibility index (Phi) is 5.62. The van der Waals surface area contributed by atoms with Gasteiger partial charge in [-0.15, -0.1) is 11.3 Å². The molecule has 2 aromatic heterocycles. The van der Waals surface area contributed by atoms with Gasteiger partial charge in [0, 0.05) is 16.0 Å². The van der Waals surface area contributed by atoms with Crippen LogP contribution in [0.4, 0.5) is 5.00 Å². The minimum absolute atomic E-state index is 0.391. The first kappa shape index (κ1) is 20.7. The molecule has 2 heterocycles. The molecule has 3 aromatic rings. The fourth-order valence-corrected chi connectivity index (χ4v) is 6.00. The summed E-state index contributed by atoms with van der Waals surface area (Å²) in [7, 11) is 0. The van der Waals surface area contributed by atoms with Crippen LogP contribution in [0.3, 0.4) is 0 Å². The van der Waals surface area contributed by atoms with E-state index < -0.39 is 18.5 Å². The van der Waals surface area contributed by atoms with Crippen LogP contribution in [0, 0.1) is 11.3 Å². The Labute approximate surface area is 190 Å². The van der Waals surface area contributed by atoms with Crippen molar-refractivity contribution in [1.82, 2.24) is 4.98 Å². The van der Waals surface area contributed by atoms with Crippen LogP contribution in [0.25, 0.3) is 10.9 Å². The molecule has 0 radical (unpaired) electrons. The van der Waals surface area contributed by atoms with Crippen LogP contribution < -0.4 is 5.32 Å². The molecular formula is C25H23N3O3S. The summed E-state index contributed by atoms with van der Waals surface area (Å²) in [6, 6.07) is 9.79. The van der Waals surface area contributed by atoms with Gasteiger partial charge >= 0.3 is 5.97 Å². The molecule has 1 N–H and O–H groups in total. The van der Waals surface area contributed by atoms with Gasteiger partial charge in [0.15, 0.2) is 6.61 Å². The van der Waals surface area contributed by atoms with E-state index in [4.69, 9.17) is 9.72 Å². The molecule has 5 rings (SSSR count). The maximum absolute atomic E-state index is 13.1. The highest BCUT2D eigenvalue weighted by Crippen LogP contribution is 2.37. The zero-order valence-corrected chi connectivity index (χ0v) is 18.5. The van der Waals surface area contributed by atoms with Gasteiger partial charge in [0.2, 0.25) is 0 Å². The van der Waals surface area contributed by atoms with Crippen LogP contribution in [0.15, 0.2) is 24.3 Å². The normalized spacial score (nSPS) is 14.8. The van der Waals surface area contributed by atoms with E-state index in [0.717, 1.165) is 79.1 Å². The average molecular weight is 446 g/mol. The summed E-state index contributed by atoms with van der Waals surface area (Å²) in [5.74, 6) is -0.927. The monoisotopic (exact) mass is 445 g/mol. The largest absolute Gasteiger partial charge is 0.452 e. The summed E-state index contributed by atoms with van der Waals surface area (Å²) in [6.07, 6.45) is 7.69. The summed E-state index contributed by atoms with van der Waals surface area (Å²) in [5, 5.41) is 13.7. The molecule has 0 saturated heterocycles. The summed E-state index contributed by atoms with van der Waals surface area (Å²) in [6.45, 7) is -0.391. The molecule has 0 atom stereocenters. The number of carbonyl (C=O) groups excluding carboxylic acids is 2. The number of aromatic nitrogens is 1. The second kappa shape index (κ2) is 8.71. The zero-order chi connectivity index (χ0) is 22.1. The van der Waals surface area contributed by atoms with Crippen molar-refractivity contribution in [2.75, 3.05) is 11.9 Å². The molecule has 2 aliphatic rings. The smallest absolute Gasteiger partial charge is 0.339 e. The number of pyridine rings is 1. The number of esters is 1. The number of benzene rings is 1. The number of para-hydroxylation sites is 1. The number of nitrogens with one attached hydrogen (secondary N) is 1. The Hall–Kier alpha value is -3.24. The van der Waals surface area contributed by atoms with Gasteiger partial charge in [-0.05, 0) is 68.6 Å². The van der Waals surface area contributed by atoms with Crippen molar-refractivity contribution in [3.63, 3.8) is 0 Å². The summed E-state index contributed by atoms with van der Waals surface area (Å²) >= 11 is 1.46. The van der Waals surface area contributed by atoms with E-state index >= 15 is 0 Å². The fourth-order valence-electron chi connectivity index (χ4n) is 4.74. The number of hydrogen-bond acceptors (Lipinski definition) is 6. The van der Waals surface area contributed by atoms with Gasteiger partial charge in [0.25, 0.3) is 5.91 Å². The minimum Gasteiger partial charge on any atom is -0.452 e. The number of ether oxygens (including phenoxy) is 1. The number of amides is 1. The Balaban J connectivity index is 1.35. The van der Waals surface area contributed by atoms with Crippen molar-refractivity contribution in [2.24, 2.45) is 0 Å². The van der Waals surface area contributed by atoms with Crippen molar-refractivity contribution in [3.8, 4) is 6.07 Å². The third-order valence-electron chi connectivity index (χ3n) is 6.24. The molecule has 0 fully saturated rings. The van der Waals surface area contributed by atoms with E-state index in [9.17, 15) is 14.9 Å². The first-order valence-corrected chi connectivity index (χ1v) is 11.9. The van der Waals surface area contributed by atoms with Crippen molar-refractivity contribution in [1.29, 1.82) is 5.26 Å². The highest BCUT2D eigenvalue weighted by Gasteiger charge is 2.25. The van der Waals surface area contributed by atoms with Crippen LogP contribution in [-0.4, -0.2) is 23.5 Å². The molecule has 0 spiro atoms. The number of hydrogen-bond donors (Lipinski definition) is 1. The number of nitrogens with zero attached hydrogens (tertiary/aromatic N) is 2. The third-order valence-corrected chi connectivity index (χ3v) is 7.45. The number of anilines is 1. The SMILES string of the molecule is N#Cc1c(NC(=O)COC(=O)c2c3c(nc4ccccc24)CCCC3)sc2c1CCCC2. The first-order valence-electron chi connectivity index (χ1n) is 11.1. The van der Waals surface area contributed by atoms with E-state index in [2.05, 4.69) is 11.4 Å². The van der Waals surface area contributed by atoms with Gasteiger partial charge in [-0.3, -0.25) is 9.78 Å². The lowest BCUT2D eigenvalue weighted by Gasteiger charge is -2.19. The number of rotatable bonds is 4. The lowest BCUT2D eigenvalue weighted by Crippen LogP contribution is -2.22. The van der Waals surface area contributed by atoms with Crippen LogP contribution in [-0.2, 0) is 35.2 Å². The van der Waals surface area contributed by atoms with E-state index in [-0.39, 0.29) is 0 Å². The number of carbonyl (C=O) groups is 2. The summed E-state index contributed by atoms with van der Waals surface area (Å²) in [4.78, 5) is 31.6. The molecule has 0 unspecified atom stereocenters. The Morgan fingerprint density at radius 1 is 1.06 bits per heavy atom. The number of nitriles is 1. The molecule has 7 heteroatoms. The fraction of sp³-hybridized carbons (Fsp3) is 0.360. The standard InChI is InChI=1S/C25H23N3O3S/c26-13-18-15-7-3-6-12-21(15)32-24(18)28-22(29)14-31-25(30)23-16-8-1-4-10-19(16)27-20-11-5-2-9-17(20)23/h1,4,8,10H,2-3,5-7,9,11-12,14H2,(H,28,29). The predicted molar refractivity (Wildman–Crippen MR) is 123 cm³/mol. The van der Waals surface area contributed by atoms with Gasteiger partial charge < -0.3 is 10.1 Å². The highest BCUT2D eigenvalue weighted by molar-refractivity contribution is 7.16. The molecule has 162 valence electrons. The molecular weight excluding hydrogens is 422 g/mol. The van der Waals surface area contributed by atoms with Crippen molar-refractivity contribution in [3.05, 3.63) is 57.1 Å². The van der Waals surface area contributed by atoms with Gasteiger partial charge in [-0.2, -0.15) is 5.26 Å². The number of fused-ring (bicyclic) bond motifs is 3. The van der Waals surface area contributed by atoms with E-state index in [0.29, 0.717) is 16.1 Å². The van der Waals surface area contributed by atoms with Crippen molar-refractivity contribution in [2.45, 2.75) is 51.4 Å². The Morgan fingerprint density at radius 3 is 2.66 bits per heavy atom. The van der Waals surface area contributed by atoms with E-state index in [1.807, 2.05) is 24.3 Å². The molecule has 2 aliphatic carbocycles. The van der Waals surface area contributed by atoms with Crippen LogP contribution >= 0.6 is 11.3 Å². The minimum atomic E-state index is -0.497. The average Bonchev–Trinajstić information content (AvgIpc) is 3.17. The van der Waals surface area contributed by atoms with Crippen molar-refractivity contribution >= 4 is 39.1 Å². The van der Waals surface area contributed by atoms with Crippen LogP contribution in [0.2, 0.25) is 0 Å². The summed E-state index contributed by atoms with van der Waals surface area (Å²) < 4.78 is 5.45. The van der Waals surface area contributed by atoms with Crippen LogP contribution in [0.5, 0.6) is 0 Å². The maximum Gasteiger partial charge on any atom is 0.339 e. The quantitative estimate of drug-likeness (QED) is 0.587. The zero-order valence-electron chi connectivity index (χ0n) is 17.7. The second-order valence-electron chi connectivity index (χ2n) is 8.29. The van der Waals surface area contributed by atoms with E-state index in [1.165, 1.54) is 16.2 Å².